The number of aliphatic imine (C=N–C) groups is 1. The van der Waals surface area contributed by atoms with Crippen molar-refractivity contribution >= 4 is 5.84 Å². The zero-order valence-electron chi connectivity index (χ0n) is 10.9. The summed E-state index contributed by atoms with van der Waals surface area (Å²) < 4.78 is 62.0. The maximum absolute atomic E-state index is 12.5. The van der Waals surface area contributed by atoms with Crippen molar-refractivity contribution in [1.82, 2.24) is 9.88 Å². The quantitative estimate of drug-likeness (QED) is 0.372. The van der Waals surface area contributed by atoms with E-state index in [2.05, 4.69) is 9.98 Å². The largest absolute Gasteiger partial charge is 0.433 e. The average Bonchev–Trinajstić information content (AvgIpc) is 2.37. The van der Waals surface area contributed by atoms with Gasteiger partial charge in [-0.1, -0.05) is 6.07 Å². The Bertz CT molecular complexity index is 530. The van der Waals surface area contributed by atoms with Crippen molar-refractivity contribution in [1.29, 1.82) is 5.26 Å². The summed E-state index contributed by atoms with van der Waals surface area (Å²) >= 11 is 0. The number of pyridine rings is 1. The molecule has 0 radical (unpaired) electrons. The first-order chi connectivity index (χ1) is 9.74. The first-order valence-corrected chi connectivity index (χ1v) is 5.72. The van der Waals surface area contributed by atoms with E-state index in [9.17, 15) is 22.0 Å². The van der Waals surface area contributed by atoms with Crippen molar-refractivity contribution in [3.8, 4) is 6.19 Å². The summed E-state index contributed by atoms with van der Waals surface area (Å²) in [5.74, 6) is 0.0534. The maximum atomic E-state index is 12.5. The second-order valence-corrected chi connectivity index (χ2v) is 4.08. The fourth-order valence-corrected chi connectivity index (χ4v) is 1.53. The van der Waals surface area contributed by atoms with Crippen LogP contribution in [0.1, 0.15) is 18.2 Å². The van der Waals surface area contributed by atoms with Gasteiger partial charge in [0.15, 0.2) is 0 Å². The summed E-state index contributed by atoms with van der Waals surface area (Å²) in [5.41, 5.74) is -0.759. The maximum Gasteiger partial charge on any atom is 0.433 e. The average molecular weight is 306 g/mol. The van der Waals surface area contributed by atoms with Crippen LogP contribution >= 0.6 is 0 Å². The lowest BCUT2D eigenvalue weighted by Crippen LogP contribution is -2.33. The second kappa shape index (κ2) is 6.97. The number of nitriles is 1. The van der Waals surface area contributed by atoms with Gasteiger partial charge in [0.2, 0.25) is 6.19 Å². The number of hydrogen-bond donors (Lipinski definition) is 0. The number of rotatable bonds is 4. The van der Waals surface area contributed by atoms with Gasteiger partial charge in [0.1, 0.15) is 11.5 Å². The molecule has 0 amide bonds. The van der Waals surface area contributed by atoms with Crippen LogP contribution in [0.5, 0.6) is 0 Å². The number of hydrogen-bond acceptors (Lipinski definition) is 3. The first kappa shape index (κ1) is 16.8. The van der Waals surface area contributed by atoms with Gasteiger partial charge in [0.25, 0.3) is 6.43 Å². The molecule has 21 heavy (non-hydrogen) atoms. The van der Waals surface area contributed by atoms with E-state index >= 15 is 0 Å². The molecule has 0 aliphatic heterocycles. The zero-order valence-corrected chi connectivity index (χ0v) is 10.9. The number of nitrogens with zero attached hydrogens (tertiary/aromatic N) is 4. The molecule has 0 spiro atoms. The van der Waals surface area contributed by atoms with E-state index in [1.165, 1.54) is 13.1 Å². The molecule has 0 aliphatic carbocycles. The SMILES string of the molecule is C/C(=N\C#N)N(Cc1ccc(C(F)(F)F)nc1)CC(F)F. The highest BCUT2D eigenvalue weighted by molar-refractivity contribution is 5.80. The van der Waals surface area contributed by atoms with Crippen LogP contribution in [-0.4, -0.2) is 28.7 Å². The third-order valence-electron chi connectivity index (χ3n) is 2.52. The third-order valence-corrected chi connectivity index (χ3v) is 2.52. The molecule has 0 N–H and O–H groups in total. The van der Waals surface area contributed by atoms with Crippen LogP contribution in [-0.2, 0) is 12.7 Å². The van der Waals surface area contributed by atoms with Gasteiger partial charge in [-0.05, 0) is 18.6 Å². The van der Waals surface area contributed by atoms with Crippen molar-refractivity contribution < 1.29 is 22.0 Å². The summed E-state index contributed by atoms with van der Waals surface area (Å²) in [4.78, 5) is 7.68. The van der Waals surface area contributed by atoms with Crippen molar-refractivity contribution in [2.45, 2.75) is 26.1 Å². The Morgan fingerprint density at radius 3 is 2.52 bits per heavy atom. The molecule has 0 aromatic carbocycles. The molecule has 1 rings (SSSR count). The van der Waals surface area contributed by atoms with Gasteiger partial charge < -0.3 is 4.90 Å². The highest BCUT2D eigenvalue weighted by Gasteiger charge is 2.32. The van der Waals surface area contributed by atoms with Gasteiger partial charge in [0, 0.05) is 12.7 Å². The molecular formula is C12H11F5N4. The van der Waals surface area contributed by atoms with Crippen molar-refractivity contribution in [2.24, 2.45) is 4.99 Å². The highest BCUT2D eigenvalue weighted by atomic mass is 19.4. The molecule has 0 fully saturated rings. The summed E-state index contributed by atoms with van der Waals surface area (Å²) in [6, 6.07) is 1.92. The van der Waals surface area contributed by atoms with E-state index in [0.717, 1.165) is 23.2 Å². The minimum absolute atomic E-state index is 0.0534. The van der Waals surface area contributed by atoms with E-state index in [1.54, 1.807) is 0 Å². The molecule has 1 aromatic rings. The Balaban J connectivity index is 2.89. The van der Waals surface area contributed by atoms with E-state index in [1.807, 2.05) is 0 Å². The number of amidine groups is 1. The topological polar surface area (TPSA) is 52.3 Å². The minimum Gasteiger partial charge on any atom is -0.349 e. The van der Waals surface area contributed by atoms with Gasteiger partial charge in [-0.3, -0.25) is 4.98 Å². The second-order valence-electron chi connectivity index (χ2n) is 4.08. The monoisotopic (exact) mass is 306 g/mol. The molecule has 1 heterocycles. The molecule has 0 saturated heterocycles. The normalized spacial score (nSPS) is 12.4. The Hall–Kier alpha value is -2.24. The molecule has 0 unspecified atom stereocenters. The standard InChI is InChI=1S/C12H11F5N4/c1-8(20-7-18)21(6-11(13)14)5-9-2-3-10(19-4-9)12(15,16)17/h2-4,11H,5-6H2,1H3/b20-8+. The van der Waals surface area contributed by atoms with E-state index in [4.69, 9.17) is 5.26 Å². The van der Waals surface area contributed by atoms with Crippen molar-refractivity contribution in [2.75, 3.05) is 6.54 Å². The van der Waals surface area contributed by atoms with Crippen molar-refractivity contribution in [3.05, 3.63) is 29.6 Å². The van der Waals surface area contributed by atoms with Crippen LogP contribution in [0.15, 0.2) is 23.3 Å². The van der Waals surface area contributed by atoms with Crippen LogP contribution in [0.4, 0.5) is 22.0 Å². The summed E-state index contributed by atoms with van der Waals surface area (Å²) in [6.45, 7) is 0.563. The van der Waals surface area contributed by atoms with Crippen LogP contribution < -0.4 is 0 Å². The van der Waals surface area contributed by atoms with Gasteiger partial charge >= 0.3 is 6.18 Å². The van der Waals surface area contributed by atoms with E-state index in [-0.39, 0.29) is 12.4 Å². The summed E-state index contributed by atoms with van der Waals surface area (Å²) in [5, 5.41) is 8.42. The molecule has 0 atom stereocenters. The lowest BCUT2D eigenvalue weighted by atomic mass is 10.2. The fourth-order valence-electron chi connectivity index (χ4n) is 1.53. The third kappa shape index (κ3) is 5.33. The molecule has 0 saturated carbocycles. The number of alkyl halides is 5. The molecule has 0 aliphatic rings. The van der Waals surface area contributed by atoms with Crippen LogP contribution in [0.25, 0.3) is 0 Å². The van der Waals surface area contributed by atoms with Crippen molar-refractivity contribution in [3.63, 3.8) is 0 Å². The molecular weight excluding hydrogens is 295 g/mol. The van der Waals surface area contributed by atoms with Gasteiger partial charge in [-0.2, -0.15) is 23.4 Å². The fraction of sp³-hybridized carbons (Fsp3) is 0.417. The van der Waals surface area contributed by atoms with Crippen LogP contribution in [0.3, 0.4) is 0 Å². The Morgan fingerprint density at radius 2 is 2.10 bits per heavy atom. The lowest BCUT2D eigenvalue weighted by Gasteiger charge is -2.23. The van der Waals surface area contributed by atoms with Crippen LogP contribution in [0, 0.1) is 11.5 Å². The predicted octanol–water partition coefficient (Wildman–Crippen LogP) is 3.07. The van der Waals surface area contributed by atoms with E-state index in [0.29, 0.717) is 5.56 Å². The van der Waals surface area contributed by atoms with Gasteiger partial charge in [-0.15, -0.1) is 0 Å². The van der Waals surface area contributed by atoms with Gasteiger partial charge in [-0.25, -0.2) is 8.78 Å². The molecule has 4 nitrogen and oxygen atoms in total. The Kier molecular flexibility index (Phi) is 5.58. The lowest BCUT2D eigenvalue weighted by molar-refractivity contribution is -0.141. The number of aromatic nitrogens is 1. The Labute approximate surface area is 117 Å². The number of halogens is 5. The highest BCUT2D eigenvalue weighted by Crippen LogP contribution is 2.27. The smallest absolute Gasteiger partial charge is 0.349 e. The summed E-state index contributed by atoms with van der Waals surface area (Å²) in [6.07, 6.45) is -4.79. The molecule has 114 valence electrons. The molecule has 0 bridgehead atoms. The van der Waals surface area contributed by atoms with Gasteiger partial charge in [0.05, 0.1) is 6.54 Å². The zero-order chi connectivity index (χ0) is 16.0. The minimum atomic E-state index is -4.56. The Morgan fingerprint density at radius 1 is 1.43 bits per heavy atom. The summed E-state index contributed by atoms with van der Waals surface area (Å²) in [7, 11) is 0. The van der Waals surface area contributed by atoms with Crippen LogP contribution in [0.2, 0.25) is 0 Å². The van der Waals surface area contributed by atoms with E-state index < -0.39 is 24.8 Å². The first-order valence-electron chi connectivity index (χ1n) is 5.72. The predicted molar refractivity (Wildman–Crippen MR) is 64.4 cm³/mol. The molecule has 9 heteroatoms. The molecule has 1 aromatic heterocycles.